The first-order valence-corrected chi connectivity index (χ1v) is 7.85. The monoisotopic (exact) mass is 312 g/mol. The predicted octanol–water partition coefficient (Wildman–Crippen LogP) is 3.73. The summed E-state index contributed by atoms with van der Waals surface area (Å²) in [7, 11) is 0. The van der Waals surface area contributed by atoms with Crippen LogP contribution in [0.25, 0.3) is 0 Å². The summed E-state index contributed by atoms with van der Waals surface area (Å²) in [6.07, 6.45) is 1.35. The van der Waals surface area contributed by atoms with E-state index in [1.54, 1.807) is 6.08 Å². The maximum atomic E-state index is 10.3. The van der Waals surface area contributed by atoms with Crippen molar-refractivity contribution in [2.45, 2.75) is 31.8 Å². The molecule has 0 aliphatic rings. The third kappa shape index (κ3) is 6.37. The molecule has 0 bridgehead atoms. The van der Waals surface area contributed by atoms with Crippen LogP contribution in [0.4, 0.5) is 0 Å². The van der Waals surface area contributed by atoms with E-state index >= 15 is 0 Å². The maximum Gasteiger partial charge on any atom is 0.104 e. The third-order valence-electron chi connectivity index (χ3n) is 3.54. The molecule has 3 nitrogen and oxygen atoms in total. The second-order valence-electron chi connectivity index (χ2n) is 5.43. The highest BCUT2D eigenvalue weighted by Gasteiger charge is 2.19. The van der Waals surface area contributed by atoms with Gasteiger partial charge in [0.2, 0.25) is 0 Å². The normalized spacial score (nSPS) is 13.4. The third-order valence-corrected chi connectivity index (χ3v) is 3.54. The molecule has 0 aromatic heterocycles. The van der Waals surface area contributed by atoms with Crippen LogP contribution in [-0.4, -0.2) is 23.9 Å². The summed E-state index contributed by atoms with van der Waals surface area (Å²) in [6, 6.07) is 19.8. The second kappa shape index (κ2) is 9.95. The summed E-state index contributed by atoms with van der Waals surface area (Å²) in [5, 5.41) is 10.3. The second-order valence-corrected chi connectivity index (χ2v) is 5.43. The van der Waals surface area contributed by atoms with Crippen molar-refractivity contribution in [1.29, 1.82) is 0 Å². The zero-order valence-corrected chi connectivity index (χ0v) is 13.3. The Morgan fingerprint density at radius 2 is 1.48 bits per heavy atom. The van der Waals surface area contributed by atoms with E-state index < -0.39 is 6.10 Å². The number of ether oxygens (including phenoxy) is 2. The Labute approximate surface area is 138 Å². The van der Waals surface area contributed by atoms with Crippen molar-refractivity contribution in [3.8, 4) is 0 Å². The van der Waals surface area contributed by atoms with E-state index in [4.69, 9.17) is 9.47 Å². The number of rotatable bonds is 10. The van der Waals surface area contributed by atoms with E-state index in [9.17, 15) is 5.11 Å². The van der Waals surface area contributed by atoms with Gasteiger partial charge in [-0.2, -0.15) is 0 Å². The van der Waals surface area contributed by atoms with Gasteiger partial charge in [0.25, 0.3) is 0 Å². The number of hydrogen-bond donors (Lipinski definition) is 1. The number of aliphatic hydroxyl groups is 1. The number of aliphatic hydroxyl groups excluding tert-OH is 1. The highest BCUT2D eigenvalue weighted by molar-refractivity contribution is 5.14. The van der Waals surface area contributed by atoms with Gasteiger partial charge < -0.3 is 14.6 Å². The largest absolute Gasteiger partial charge is 0.388 e. The van der Waals surface area contributed by atoms with Crippen molar-refractivity contribution in [2.24, 2.45) is 0 Å². The standard InChI is InChI=1S/C20H24O3/c1-2-9-20(23-15-18-12-7-4-8-13-18)19(21)16-22-14-17-10-5-3-6-11-17/h2-8,10-13,19-21H,1,9,14-16H2/t19-,20+/m1/s1. The molecular formula is C20H24O3. The van der Waals surface area contributed by atoms with Crippen LogP contribution >= 0.6 is 0 Å². The molecule has 0 saturated heterocycles. The van der Waals surface area contributed by atoms with Gasteiger partial charge in [-0.3, -0.25) is 0 Å². The summed E-state index contributed by atoms with van der Waals surface area (Å²) in [5.74, 6) is 0. The molecule has 1 N–H and O–H groups in total. The van der Waals surface area contributed by atoms with Crippen LogP contribution in [0.1, 0.15) is 17.5 Å². The van der Waals surface area contributed by atoms with Crippen LogP contribution in [0.15, 0.2) is 73.3 Å². The van der Waals surface area contributed by atoms with E-state index in [1.807, 2.05) is 60.7 Å². The molecule has 0 amide bonds. The van der Waals surface area contributed by atoms with Gasteiger partial charge >= 0.3 is 0 Å². The average molecular weight is 312 g/mol. The van der Waals surface area contributed by atoms with Gasteiger partial charge in [-0.15, -0.1) is 6.58 Å². The van der Waals surface area contributed by atoms with Crippen LogP contribution in [0.3, 0.4) is 0 Å². The molecule has 2 aromatic carbocycles. The summed E-state index contributed by atoms with van der Waals surface area (Å²) < 4.78 is 11.4. The van der Waals surface area contributed by atoms with E-state index in [-0.39, 0.29) is 12.7 Å². The average Bonchev–Trinajstić information content (AvgIpc) is 2.60. The molecule has 2 rings (SSSR count). The Balaban J connectivity index is 1.78. The van der Waals surface area contributed by atoms with Gasteiger partial charge in [-0.25, -0.2) is 0 Å². The molecule has 0 saturated carbocycles. The van der Waals surface area contributed by atoms with Crippen LogP contribution in [-0.2, 0) is 22.7 Å². The van der Waals surface area contributed by atoms with Gasteiger partial charge in [0.05, 0.1) is 25.9 Å². The van der Waals surface area contributed by atoms with Gasteiger partial charge in [-0.1, -0.05) is 66.7 Å². The Bertz CT molecular complexity index is 554. The maximum absolute atomic E-state index is 10.3. The zero-order valence-electron chi connectivity index (χ0n) is 13.3. The fraction of sp³-hybridized carbons (Fsp3) is 0.300. The molecular weight excluding hydrogens is 288 g/mol. The Morgan fingerprint density at radius 1 is 0.913 bits per heavy atom. The van der Waals surface area contributed by atoms with E-state index in [1.165, 1.54) is 0 Å². The van der Waals surface area contributed by atoms with Crippen molar-refractivity contribution in [2.75, 3.05) is 6.61 Å². The van der Waals surface area contributed by atoms with Gasteiger partial charge in [0, 0.05) is 0 Å². The van der Waals surface area contributed by atoms with E-state index in [0.29, 0.717) is 19.6 Å². The van der Waals surface area contributed by atoms with Crippen LogP contribution in [0, 0.1) is 0 Å². The van der Waals surface area contributed by atoms with Crippen LogP contribution in [0.5, 0.6) is 0 Å². The Kier molecular flexibility index (Phi) is 7.54. The topological polar surface area (TPSA) is 38.7 Å². The minimum Gasteiger partial charge on any atom is -0.388 e. The minimum atomic E-state index is -0.680. The highest BCUT2D eigenvalue weighted by Crippen LogP contribution is 2.11. The first-order valence-electron chi connectivity index (χ1n) is 7.85. The molecule has 0 radical (unpaired) electrons. The fourth-order valence-corrected chi connectivity index (χ4v) is 2.26. The lowest BCUT2D eigenvalue weighted by Gasteiger charge is -2.22. The van der Waals surface area contributed by atoms with Crippen molar-refractivity contribution >= 4 is 0 Å². The lowest BCUT2D eigenvalue weighted by molar-refractivity contribution is -0.0790. The Morgan fingerprint density at radius 3 is 2.04 bits per heavy atom. The van der Waals surface area contributed by atoms with E-state index in [0.717, 1.165) is 11.1 Å². The summed E-state index contributed by atoms with van der Waals surface area (Å²) in [6.45, 7) is 4.92. The SMILES string of the molecule is C=CC[C@H](OCc1ccccc1)[C@H](O)COCc1ccccc1. The molecule has 0 unspecified atom stereocenters. The molecule has 2 atom stereocenters. The summed E-state index contributed by atoms with van der Waals surface area (Å²) >= 11 is 0. The van der Waals surface area contributed by atoms with Crippen molar-refractivity contribution in [1.82, 2.24) is 0 Å². The molecule has 0 aliphatic carbocycles. The summed E-state index contributed by atoms with van der Waals surface area (Å²) in [5.41, 5.74) is 2.17. The summed E-state index contributed by atoms with van der Waals surface area (Å²) in [4.78, 5) is 0. The molecule has 0 heterocycles. The van der Waals surface area contributed by atoms with Crippen molar-refractivity contribution in [3.63, 3.8) is 0 Å². The smallest absolute Gasteiger partial charge is 0.104 e. The number of hydrogen-bond acceptors (Lipinski definition) is 3. The van der Waals surface area contributed by atoms with Gasteiger partial charge in [-0.05, 0) is 17.5 Å². The van der Waals surface area contributed by atoms with E-state index in [2.05, 4.69) is 6.58 Å². The quantitative estimate of drug-likeness (QED) is 0.680. The molecule has 0 aliphatic heterocycles. The lowest BCUT2D eigenvalue weighted by Crippen LogP contribution is -2.32. The molecule has 122 valence electrons. The highest BCUT2D eigenvalue weighted by atomic mass is 16.5. The molecule has 0 spiro atoms. The van der Waals surface area contributed by atoms with Gasteiger partial charge in [0.1, 0.15) is 6.10 Å². The first-order chi connectivity index (χ1) is 11.3. The molecule has 23 heavy (non-hydrogen) atoms. The van der Waals surface area contributed by atoms with Crippen LogP contribution in [0.2, 0.25) is 0 Å². The molecule has 3 heteroatoms. The zero-order chi connectivity index (χ0) is 16.3. The van der Waals surface area contributed by atoms with Crippen molar-refractivity contribution in [3.05, 3.63) is 84.4 Å². The van der Waals surface area contributed by atoms with Crippen molar-refractivity contribution < 1.29 is 14.6 Å². The predicted molar refractivity (Wildman–Crippen MR) is 91.9 cm³/mol. The fourth-order valence-electron chi connectivity index (χ4n) is 2.26. The van der Waals surface area contributed by atoms with Gasteiger partial charge in [0.15, 0.2) is 0 Å². The molecule has 2 aromatic rings. The van der Waals surface area contributed by atoms with Crippen LogP contribution < -0.4 is 0 Å². The number of benzene rings is 2. The lowest BCUT2D eigenvalue weighted by atomic mass is 10.1. The first kappa shape index (κ1) is 17.4. The Hall–Kier alpha value is -1.94. The molecule has 0 fully saturated rings. The minimum absolute atomic E-state index is 0.238.